The molecule has 2 amide bonds. The van der Waals surface area contributed by atoms with Crippen LogP contribution in [0.15, 0.2) is 26.0 Å². The first kappa shape index (κ1) is 15.6. The van der Waals surface area contributed by atoms with Gasteiger partial charge < -0.3 is 5.11 Å². The van der Waals surface area contributed by atoms with Gasteiger partial charge in [-0.1, -0.05) is 15.9 Å². The Labute approximate surface area is 137 Å². The Morgan fingerprint density at radius 1 is 1.30 bits per heavy atom. The van der Waals surface area contributed by atoms with Crippen molar-refractivity contribution in [2.24, 2.45) is 0 Å². The topological polar surface area (TPSA) is 57.6 Å². The first-order valence-electron chi connectivity index (χ1n) is 5.76. The molecule has 1 fully saturated rings. The van der Waals surface area contributed by atoms with E-state index in [9.17, 15) is 14.7 Å². The third kappa shape index (κ3) is 2.94. The normalized spacial score (nSPS) is 17.6. The smallest absolute Gasteiger partial charge is 0.293 e. The van der Waals surface area contributed by atoms with Crippen LogP contribution >= 0.6 is 43.6 Å². The Balaban J connectivity index is 2.43. The van der Waals surface area contributed by atoms with Crippen molar-refractivity contribution < 1.29 is 14.7 Å². The third-order valence-electron chi connectivity index (χ3n) is 2.68. The van der Waals surface area contributed by atoms with Crippen molar-refractivity contribution in [3.8, 4) is 5.75 Å². The second-order valence-corrected chi connectivity index (χ2v) is 7.23. The van der Waals surface area contributed by atoms with E-state index in [4.69, 9.17) is 0 Å². The van der Waals surface area contributed by atoms with Gasteiger partial charge >= 0.3 is 0 Å². The number of carbonyl (C=O) groups is 2. The molecule has 1 aromatic carbocycles. The van der Waals surface area contributed by atoms with Crippen LogP contribution in [0, 0.1) is 0 Å². The molecule has 0 saturated carbocycles. The van der Waals surface area contributed by atoms with Gasteiger partial charge in [0.25, 0.3) is 11.1 Å². The summed E-state index contributed by atoms with van der Waals surface area (Å²) in [7, 11) is 0. The molecule has 20 heavy (non-hydrogen) atoms. The zero-order valence-electron chi connectivity index (χ0n) is 10.7. The maximum Gasteiger partial charge on any atom is 0.293 e. The summed E-state index contributed by atoms with van der Waals surface area (Å²) in [5.74, 6) is -0.296. The monoisotopic (exact) mass is 419 g/mol. The molecule has 4 nitrogen and oxygen atoms in total. The molecule has 0 unspecified atom stereocenters. The number of imide groups is 1. The molecule has 1 heterocycles. The SMILES string of the molecule is CC(C)N1C(=O)S/C(=C/c2cc(Br)cc(Br)c2O)C1=O. The van der Waals surface area contributed by atoms with Gasteiger partial charge in [-0.05, 0) is 59.7 Å². The minimum absolute atomic E-state index is 0.0320. The summed E-state index contributed by atoms with van der Waals surface area (Å²) in [4.78, 5) is 25.5. The second-order valence-electron chi connectivity index (χ2n) is 4.47. The van der Waals surface area contributed by atoms with Crippen molar-refractivity contribution in [2.75, 3.05) is 0 Å². The molecule has 0 aromatic heterocycles. The summed E-state index contributed by atoms with van der Waals surface area (Å²) < 4.78 is 1.28. The molecule has 1 aromatic rings. The zero-order chi connectivity index (χ0) is 15.0. The largest absolute Gasteiger partial charge is 0.506 e. The lowest BCUT2D eigenvalue weighted by Crippen LogP contribution is -2.34. The van der Waals surface area contributed by atoms with Gasteiger partial charge in [0.1, 0.15) is 5.75 Å². The predicted molar refractivity (Wildman–Crippen MR) is 86.5 cm³/mol. The molecule has 1 saturated heterocycles. The number of aromatic hydroxyl groups is 1. The van der Waals surface area contributed by atoms with Crippen molar-refractivity contribution in [3.05, 3.63) is 31.5 Å². The van der Waals surface area contributed by atoms with E-state index < -0.39 is 0 Å². The molecule has 2 rings (SSSR count). The molecule has 1 aliphatic rings. The Bertz CT molecular complexity index is 628. The highest BCUT2D eigenvalue weighted by molar-refractivity contribution is 9.11. The van der Waals surface area contributed by atoms with Gasteiger partial charge in [0, 0.05) is 16.1 Å². The summed E-state index contributed by atoms with van der Waals surface area (Å²) >= 11 is 7.43. The molecule has 1 aliphatic heterocycles. The lowest BCUT2D eigenvalue weighted by molar-refractivity contribution is -0.123. The maximum absolute atomic E-state index is 12.2. The summed E-state index contributed by atoms with van der Waals surface area (Å²) in [6, 6.07) is 3.20. The molecular formula is C13H11Br2NO3S. The molecule has 0 atom stereocenters. The number of phenolic OH excluding ortho intramolecular Hbond substituents is 1. The maximum atomic E-state index is 12.2. The van der Waals surface area contributed by atoms with Gasteiger partial charge in [0.15, 0.2) is 0 Å². The molecular weight excluding hydrogens is 410 g/mol. The van der Waals surface area contributed by atoms with Crippen LogP contribution in [0.4, 0.5) is 4.79 Å². The van der Waals surface area contributed by atoms with Crippen LogP contribution in [-0.2, 0) is 4.79 Å². The van der Waals surface area contributed by atoms with Gasteiger partial charge in [-0.15, -0.1) is 0 Å². The number of amides is 2. The van der Waals surface area contributed by atoms with E-state index in [1.54, 1.807) is 26.0 Å². The van der Waals surface area contributed by atoms with E-state index >= 15 is 0 Å². The first-order valence-corrected chi connectivity index (χ1v) is 8.16. The number of rotatable bonds is 2. The number of phenols is 1. The quantitative estimate of drug-likeness (QED) is 0.722. The van der Waals surface area contributed by atoms with Crippen LogP contribution in [-0.4, -0.2) is 27.2 Å². The Morgan fingerprint density at radius 2 is 1.95 bits per heavy atom. The summed E-state index contributed by atoms with van der Waals surface area (Å²) in [5, 5.41) is 9.69. The summed E-state index contributed by atoms with van der Waals surface area (Å²) in [6.45, 7) is 3.57. The van der Waals surface area contributed by atoms with Gasteiger partial charge in [-0.2, -0.15) is 0 Å². The number of halogens is 2. The van der Waals surface area contributed by atoms with Gasteiger partial charge in [0.2, 0.25) is 0 Å². The van der Waals surface area contributed by atoms with E-state index in [1.165, 1.54) is 11.0 Å². The minimum Gasteiger partial charge on any atom is -0.506 e. The Kier molecular flexibility index (Phi) is 4.61. The lowest BCUT2D eigenvalue weighted by atomic mass is 10.2. The van der Waals surface area contributed by atoms with E-state index in [1.807, 2.05) is 0 Å². The number of nitrogens with zero attached hydrogens (tertiary/aromatic N) is 1. The Morgan fingerprint density at radius 3 is 2.50 bits per heavy atom. The number of thioether (sulfide) groups is 1. The molecule has 106 valence electrons. The average molecular weight is 421 g/mol. The number of carbonyl (C=O) groups excluding carboxylic acids is 2. The molecule has 1 N–H and O–H groups in total. The lowest BCUT2D eigenvalue weighted by Gasteiger charge is -2.16. The average Bonchev–Trinajstić information content (AvgIpc) is 2.60. The molecule has 0 radical (unpaired) electrons. The fourth-order valence-electron chi connectivity index (χ4n) is 1.76. The Hall–Kier alpha value is -0.790. The number of benzene rings is 1. The predicted octanol–water partition coefficient (Wildman–Crippen LogP) is 4.36. The third-order valence-corrected chi connectivity index (χ3v) is 4.63. The van der Waals surface area contributed by atoms with Crippen molar-refractivity contribution in [3.63, 3.8) is 0 Å². The molecule has 0 spiro atoms. The van der Waals surface area contributed by atoms with Gasteiger partial charge in [-0.3, -0.25) is 14.5 Å². The van der Waals surface area contributed by atoms with Crippen molar-refractivity contribution >= 4 is 60.8 Å². The number of hydrogen-bond donors (Lipinski definition) is 1. The van der Waals surface area contributed by atoms with Crippen LogP contribution in [0.25, 0.3) is 6.08 Å². The highest BCUT2D eigenvalue weighted by Crippen LogP contribution is 2.37. The van der Waals surface area contributed by atoms with E-state index in [0.29, 0.717) is 14.9 Å². The highest BCUT2D eigenvalue weighted by atomic mass is 79.9. The zero-order valence-corrected chi connectivity index (χ0v) is 14.7. The van der Waals surface area contributed by atoms with Crippen LogP contribution in [0.1, 0.15) is 19.4 Å². The fourth-order valence-corrected chi connectivity index (χ4v) is 3.97. The summed E-state index contributed by atoms with van der Waals surface area (Å²) in [6.07, 6.45) is 1.53. The minimum atomic E-state index is -0.328. The van der Waals surface area contributed by atoms with Crippen LogP contribution in [0.2, 0.25) is 0 Å². The summed E-state index contributed by atoms with van der Waals surface area (Å²) in [5.41, 5.74) is 0.473. The van der Waals surface area contributed by atoms with Crippen molar-refractivity contribution in [1.29, 1.82) is 0 Å². The van der Waals surface area contributed by atoms with Crippen molar-refractivity contribution in [1.82, 2.24) is 4.90 Å². The van der Waals surface area contributed by atoms with Gasteiger partial charge in [-0.25, -0.2) is 0 Å². The van der Waals surface area contributed by atoms with Crippen LogP contribution in [0.5, 0.6) is 5.75 Å². The van der Waals surface area contributed by atoms with Gasteiger partial charge in [0.05, 0.1) is 9.38 Å². The highest BCUT2D eigenvalue weighted by Gasteiger charge is 2.36. The van der Waals surface area contributed by atoms with Crippen molar-refractivity contribution in [2.45, 2.75) is 19.9 Å². The van der Waals surface area contributed by atoms with E-state index in [0.717, 1.165) is 16.2 Å². The molecule has 7 heteroatoms. The number of hydrogen-bond acceptors (Lipinski definition) is 4. The fraction of sp³-hybridized carbons (Fsp3) is 0.231. The second kappa shape index (κ2) is 5.91. The van der Waals surface area contributed by atoms with E-state index in [-0.39, 0.29) is 22.9 Å². The van der Waals surface area contributed by atoms with Crippen LogP contribution < -0.4 is 0 Å². The standard InChI is InChI=1S/C13H11Br2NO3S/c1-6(2)16-12(18)10(20-13(16)19)4-7-3-8(14)5-9(15)11(7)17/h3-6,17H,1-2H3/b10-4+. The van der Waals surface area contributed by atoms with E-state index in [2.05, 4.69) is 31.9 Å². The van der Waals surface area contributed by atoms with Crippen LogP contribution in [0.3, 0.4) is 0 Å². The first-order chi connectivity index (χ1) is 9.31. The molecule has 0 bridgehead atoms. The molecule has 0 aliphatic carbocycles.